The van der Waals surface area contributed by atoms with Crippen molar-refractivity contribution < 1.29 is 26.9 Å². The van der Waals surface area contributed by atoms with Crippen LogP contribution in [0.25, 0.3) is 10.9 Å². The van der Waals surface area contributed by atoms with Gasteiger partial charge in [-0.25, -0.2) is 4.79 Å². The number of hydrogen-bond donors (Lipinski definition) is 1. The Morgan fingerprint density at radius 2 is 1.76 bits per heavy atom. The highest BCUT2D eigenvalue weighted by Gasteiger charge is 2.32. The summed E-state index contributed by atoms with van der Waals surface area (Å²) >= 11 is 0. The Labute approximate surface area is 216 Å². The molecule has 0 saturated heterocycles. The minimum atomic E-state index is -3.77. The second-order valence-electron chi connectivity index (χ2n) is 9.36. The first-order valence-electron chi connectivity index (χ1n) is 12.2. The van der Waals surface area contributed by atoms with Gasteiger partial charge in [0.05, 0.1) is 31.5 Å². The van der Waals surface area contributed by atoms with Crippen molar-refractivity contribution in [2.45, 2.75) is 51.0 Å². The number of ether oxygens (including phenoxy) is 2. The molecule has 1 fully saturated rings. The summed E-state index contributed by atoms with van der Waals surface area (Å²) in [5, 5.41) is 3.74. The van der Waals surface area contributed by atoms with Gasteiger partial charge in [-0.1, -0.05) is 30.3 Å². The second-order valence-corrected chi connectivity index (χ2v) is 11.0. The summed E-state index contributed by atoms with van der Waals surface area (Å²) in [6.45, 7) is 0.273. The Morgan fingerprint density at radius 1 is 1.05 bits per heavy atom. The number of pyridine rings is 1. The molecule has 1 aromatic heterocycles. The Bertz CT molecular complexity index is 1380. The summed E-state index contributed by atoms with van der Waals surface area (Å²) in [5.41, 5.74) is 1.30. The summed E-state index contributed by atoms with van der Waals surface area (Å²) in [7, 11) is -2.22. The molecule has 0 radical (unpaired) electrons. The molecule has 1 aliphatic rings. The number of nitrogens with zero attached hydrogens (tertiary/aromatic N) is 1. The lowest BCUT2D eigenvalue weighted by Crippen LogP contribution is -2.42. The monoisotopic (exact) mass is 528 g/mol. The van der Waals surface area contributed by atoms with Gasteiger partial charge in [0.2, 0.25) is 0 Å². The lowest BCUT2D eigenvalue weighted by Gasteiger charge is -2.33. The Kier molecular flexibility index (Phi) is 8.50. The predicted molar refractivity (Wildman–Crippen MR) is 140 cm³/mol. The number of carbonyl (C=O) groups is 1. The summed E-state index contributed by atoms with van der Waals surface area (Å²) in [4.78, 5) is 25.1. The van der Waals surface area contributed by atoms with Crippen LogP contribution in [-0.4, -0.2) is 44.6 Å². The number of rotatable bonds is 9. The van der Waals surface area contributed by atoms with Crippen LogP contribution in [-0.2, 0) is 32.2 Å². The van der Waals surface area contributed by atoms with Gasteiger partial charge in [0.1, 0.15) is 12.4 Å². The van der Waals surface area contributed by atoms with Crippen LogP contribution >= 0.6 is 0 Å². The van der Waals surface area contributed by atoms with Gasteiger partial charge in [0.15, 0.2) is 0 Å². The van der Waals surface area contributed by atoms with Gasteiger partial charge < -0.3 is 19.4 Å². The zero-order valence-electron chi connectivity index (χ0n) is 21.0. The van der Waals surface area contributed by atoms with Crippen molar-refractivity contribution in [3.8, 4) is 5.75 Å². The molecular formula is C27H32N2O7S. The number of fused-ring (bicyclic) bond motifs is 1. The molecule has 4 rings (SSSR count). The van der Waals surface area contributed by atoms with Crippen LogP contribution in [0.1, 0.15) is 31.2 Å². The molecule has 0 spiro atoms. The summed E-state index contributed by atoms with van der Waals surface area (Å²) in [6, 6.07) is 18.0. The molecule has 3 aromatic rings. The van der Waals surface area contributed by atoms with Gasteiger partial charge in [-0.05, 0) is 60.7 Å². The first-order valence-corrected chi connectivity index (χ1v) is 14.1. The number of amides is 1. The van der Waals surface area contributed by atoms with E-state index >= 15 is 0 Å². The molecule has 0 bridgehead atoms. The van der Waals surface area contributed by atoms with Crippen LogP contribution in [0.15, 0.2) is 65.5 Å². The number of methoxy groups -OCH3 is 1. The average Bonchev–Trinajstić information content (AvgIpc) is 2.88. The Balaban J connectivity index is 1.43. The third-order valence-corrected chi connectivity index (χ3v) is 7.29. The molecule has 0 aliphatic heterocycles. The van der Waals surface area contributed by atoms with Crippen LogP contribution < -0.4 is 15.6 Å². The summed E-state index contributed by atoms with van der Waals surface area (Å²) < 4.78 is 41.9. The molecule has 1 aliphatic carbocycles. The molecule has 10 heteroatoms. The van der Waals surface area contributed by atoms with Crippen molar-refractivity contribution in [2.75, 3.05) is 13.4 Å². The molecular weight excluding hydrogens is 496 g/mol. The fourth-order valence-corrected chi connectivity index (χ4v) is 5.48. The summed E-state index contributed by atoms with van der Waals surface area (Å²) in [5.74, 6) is 0.485. The molecule has 1 amide bonds. The quantitative estimate of drug-likeness (QED) is 0.420. The molecule has 2 aromatic carbocycles. The zero-order valence-corrected chi connectivity index (χ0v) is 21.8. The highest BCUT2D eigenvalue weighted by atomic mass is 32.2. The number of nitrogens with one attached hydrogen (secondary N) is 1. The maximum atomic E-state index is 12.8. The molecule has 1 unspecified atom stereocenters. The number of hydrogen-bond acceptors (Lipinski definition) is 7. The fourth-order valence-electron chi connectivity index (χ4n) is 4.81. The number of aromatic nitrogens is 1. The van der Waals surface area contributed by atoms with E-state index in [0.29, 0.717) is 36.9 Å². The zero-order chi connectivity index (χ0) is 26.4. The van der Waals surface area contributed by atoms with E-state index in [0.717, 1.165) is 17.2 Å². The van der Waals surface area contributed by atoms with Gasteiger partial charge in [-0.2, -0.15) is 8.42 Å². The van der Waals surface area contributed by atoms with Gasteiger partial charge >= 0.3 is 6.09 Å². The van der Waals surface area contributed by atoms with E-state index in [9.17, 15) is 18.0 Å². The molecule has 1 N–H and O–H groups in total. The van der Waals surface area contributed by atoms with Crippen molar-refractivity contribution in [3.63, 3.8) is 0 Å². The van der Waals surface area contributed by atoms with Crippen molar-refractivity contribution in [1.29, 1.82) is 0 Å². The van der Waals surface area contributed by atoms with Crippen LogP contribution in [0.4, 0.5) is 4.79 Å². The van der Waals surface area contributed by atoms with Gasteiger partial charge in [-0.15, -0.1) is 0 Å². The molecule has 1 atom stereocenters. The lowest BCUT2D eigenvalue weighted by molar-refractivity contribution is 0.0883. The number of carbonyl (C=O) groups excluding carboxylic acids is 1. The standard InChI is InChI=1S/C27H32N2O7S/c1-34-23-14-10-20-11-15-26(30)29(24(20)16-23)17-25(36-37(2,32)33)21-8-12-22(13-9-21)28-27(31)35-18-19-6-4-3-5-7-19/h3-7,10-11,14-16,21-22,25H,8-9,12-13,17-18H2,1-2H3,(H,28,31)/t21-,22-,25?. The highest BCUT2D eigenvalue weighted by Crippen LogP contribution is 2.31. The minimum Gasteiger partial charge on any atom is -0.497 e. The lowest BCUT2D eigenvalue weighted by atomic mass is 9.82. The first kappa shape index (κ1) is 26.7. The minimum absolute atomic E-state index is 0.0806. The van der Waals surface area contributed by atoms with Crippen molar-refractivity contribution in [3.05, 3.63) is 76.6 Å². The van der Waals surface area contributed by atoms with E-state index in [1.165, 1.54) is 6.07 Å². The largest absolute Gasteiger partial charge is 0.497 e. The van der Waals surface area contributed by atoms with Crippen LogP contribution in [0, 0.1) is 5.92 Å². The van der Waals surface area contributed by atoms with E-state index < -0.39 is 22.3 Å². The maximum absolute atomic E-state index is 12.8. The van der Waals surface area contributed by atoms with E-state index in [4.69, 9.17) is 13.7 Å². The van der Waals surface area contributed by atoms with Crippen molar-refractivity contribution in [1.82, 2.24) is 9.88 Å². The van der Waals surface area contributed by atoms with E-state index in [1.54, 1.807) is 29.9 Å². The normalized spacial score (nSPS) is 18.8. The average molecular weight is 529 g/mol. The van der Waals surface area contributed by atoms with E-state index in [1.807, 2.05) is 36.4 Å². The highest BCUT2D eigenvalue weighted by molar-refractivity contribution is 7.86. The SMILES string of the molecule is COc1ccc2ccc(=O)n(CC(OS(C)(=O)=O)[C@H]3CC[C@H](NC(=O)OCc4ccccc4)CC3)c2c1. The molecule has 1 saturated carbocycles. The Morgan fingerprint density at radius 3 is 2.43 bits per heavy atom. The molecule has 37 heavy (non-hydrogen) atoms. The Hall–Kier alpha value is -3.37. The van der Waals surface area contributed by atoms with Crippen LogP contribution in [0.5, 0.6) is 5.75 Å². The third-order valence-electron chi connectivity index (χ3n) is 6.69. The smallest absolute Gasteiger partial charge is 0.407 e. The van der Waals surface area contributed by atoms with Crippen molar-refractivity contribution >= 4 is 27.1 Å². The van der Waals surface area contributed by atoms with Crippen LogP contribution in [0.2, 0.25) is 0 Å². The maximum Gasteiger partial charge on any atom is 0.407 e. The number of benzene rings is 2. The molecule has 1 heterocycles. The van der Waals surface area contributed by atoms with Crippen molar-refractivity contribution in [2.24, 2.45) is 5.92 Å². The van der Waals surface area contributed by atoms with Gasteiger partial charge in [0, 0.05) is 18.2 Å². The second kappa shape index (κ2) is 11.8. The van der Waals surface area contributed by atoms with E-state index in [2.05, 4.69) is 5.32 Å². The van der Waals surface area contributed by atoms with Gasteiger partial charge in [0.25, 0.3) is 15.7 Å². The summed E-state index contributed by atoms with van der Waals surface area (Å²) in [6.07, 6.45) is 2.37. The fraction of sp³-hybridized carbons (Fsp3) is 0.407. The first-order chi connectivity index (χ1) is 17.7. The van der Waals surface area contributed by atoms with Gasteiger partial charge in [-0.3, -0.25) is 8.98 Å². The number of alkyl carbamates (subject to hydrolysis) is 1. The predicted octanol–water partition coefficient (Wildman–Crippen LogP) is 3.84. The van der Waals surface area contributed by atoms with E-state index in [-0.39, 0.29) is 30.7 Å². The van der Waals surface area contributed by atoms with Crippen LogP contribution in [0.3, 0.4) is 0 Å². The molecule has 198 valence electrons. The topological polar surface area (TPSA) is 113 Å². The molecule has 9 nitrogen and oxygen atoms in total. The third kappa shape index (κ3) is 7.33.